The molecular weight excluding hydrogens is 234 g/mol. The molecule has 0 fully saturated rings. The number of aliphatic carboxylic acids is 1. The van der Waals surface area contributed by atoms with Crippen LogP contribution >= 0.6 is 0 Å². The Bertz CT molecular complexity index is 357. The van der Waals surface area contributed by atoms with Crippen LogP contribution in [0.1, 0.15) is 26.2 Å². The van der Waals surface area contributed by atoms with Crippen molar-refractivity contribution in [2.24, 2.45) is 0 Å². The topological polar surface area (TPSA) is 91.7 Å². The van der Waals surface area contributed by atoms with Gasteiger partial charge in [-0.1, -0.05) is 13.3 Å². The molecule has 0 aromatic heterocycles. The predicted octanol–water partition coefficient (Wildman–Crippen LogP) is 0.552. The monoisotopic (exact) mass is 254 g/mol. The number of quaternary nitrogens is 1. The quantitative estimate of drug-likeness (QED) is 0.533. The fourth-order valence-electron chi connectivity index (χ4n) is 1.73. The third-order valence-corrected chi connectivity index (χ3v) is 4.49. The van der Waals surface area contributed by atoms with Crippen LogP contribution in [0.25, 0.3) is 0 Å². The lowest BCUT2D eigenvalue weighted by molar-refractivity contribution is -0.899. The Morgan fingerprint density at radius 3 is 1.94 bits per heavy atom. The number of hydrogen-bond acceptors (Lipinski definition) is 3. The third kappa shape index (κ3) is 2.53. The number of carboxylic acid groups (broad SMARTS) is 1. The van der Waals surface area contributed by atoms with Crippen LogP contribution in [0.3, 0.4) is 0 Å². The van der Waals surface area contributed by atoms with Gasteiger partial charge < -0.3 is 9.59 Å². The van der Waals surface area contributed by atoms with Crippen LogP contribution in [0.15, 0.2) is 0 Å². The summed E-state index contributed by atoms with van der Waals surface area (Å²) in [5.74, 6) is -1.52. The van der Waals surface area contributed by atoms with Crippen molar-refractivity contribution in [3.05, 3.63) is 0 Å². The van der Waals surface area contributed by atoms with Gasteiger partial charge in [0.15, 0.2) is 0 Å². The zero-order valence-corrected chi connectivity index (χ0v) is 10.9. The highest BCUT2D eigenvalue weighted by atomic mass is 32.2. The van der Waals surface area contributed by atoms with E-state index < -0.39 is 21.0 Å². The van der Waals surface area contributed by atoms with E-state index in [1.165, 1.54) is 21.1 Å². The minimum atomic E-state index is -4.68. The fraction of sp³-hybridized carbons (Fsp3) is 0.889. The summed E-state index contributed by atoms with van der Waals surface area (Å²) in [5.41, 5.74) is 0. The Hall–Kier alpha value is -0.660. The minimum Gasteiger partial charge on any atom is -0.476 e. The van der Waals surface area contributed by atoms with Gasteiger partial charge in [-0.25, -0.2) is 4.79 Å². The van der Waals surface area contributed by atoms with E-state index in [9.17, 15) is 17.8 Å². The van der Waals surface area contributed by atoms with Crippen LogP contribution in [-0.2, 0) is 14.9 Å². The van der Waals surface area contributed by atoms with Crippen LogP contribution < -0.4 is 0 Å². The molecule has 0 saturated carbocycles. The summed E-state index contributed by atoms with van der Waals surface area (Å²) in [4.78, 5) is 9.07. The van der Waals surface area contributed by atoms with Crippen LogP contribution in [-0.4, -0.2) is 54.5 Å². The van der Waals surface area contributed by atoms with Crippen molar-refractivity contribution in [1.82, 2.24) is 0 Å². The molecule has 0 bridgehead atoms. The normalized spacial score (nSPS) is 16.8. The molecule has 7 heteroatoms. The molecule has 2 N–H and O–H groups in total. The molecular formula is C9H20NO5S+. The number of unbranched alkanes of at least 4 members (excludes halogenated alkanes) is 1. The number of carboxylic acids is 1. The van der Waals surface area contributed by atoms with E-state index in [-0.39, 0.29) is 10.9 Å². The van der Waals surface area contributed by atoms with Gasteiger partial charge >= 0.3 is 21.0 Å². The predicted molar refractivity (Wildman–Crippen MR) is 59.5 cm³/mol. The van der Waals surface area contributed by atoms with Gasteiger partial charge in [0.25, 0.3) is 0 Å². The minimum absolute atomic E-state index is 0.110. The smallest absolute Gasteiger partial charge is 0.384 e. The molecule has 1 atom stereocenters. The Labute approximate surface area is 96.2 Å². The maximum Gasteiger partial charge on any atom is 0.384 e. The van der Waals surface area contributed by atoms with Gasteiger partial charge in [-0.3, -0.25) is 4.55 Å². The summed E-state index contributed by atoms with van der Waals surface area (Å²) in [7, 11) is -0.357. The molecule has 0 aliphatic carbocycles. The summed E-state index contributed by atoms with van der Waals surface area (Å²) < 4.78 is 31.7. The van der Waals surface area contributed by atoms with Gasteiger partial charge in [0.2, 0.25) is 0 Å². The molecule has 0 aromatic carbocycles. The van der Waals surface area contributed by atoms with Crippen LogP contribution in [0, 0.1) is 0 Å². The maximum absolute atomic E-state index is 11.4. The van der Waals surface area contributed by atoms with Crippen LogP contribution in [0.4, 0.5) is 0 Å². The molecule has 0 aliphatic heterocycles. The van der Waals surface area contributed by atoms with Gasteiger partial charge in [0.1, 0.15) is 0 Å². The summed E-state index contributed by atoms with van der Waals surface area (Å²) in [6.45, 7) is 1.83. The first-order valence-electron chi connectivity index (χ1n) is 5.02. The van der Waals surface area contributed by atoms with Gasteiger partial charge in [0.05, 0.1) is 21.1 Å². The molecule has 0 aromatic rings. The number of carbonyl (C=O) groups is 1. The van der Waals surface area contributed by atoms with Crippen LogP contribution in [0.2, 0.25) is 0 Å². The summed E-state index contributed by atoms with van der Waals surface area (Å²) in [6.07, 6.45) is 0.966. The van der Waals surface area contributed by atoms with E-state index in [4.69, 9.17) is 5.11 Å². The molecule has 0 rings (SSSR count). The zero-order chi connectivity index (χ0) is 13.2. The highest BCUT2D eigenvalue weighted by Crippen LogP contribution is 2.31. The summed E-state index contributed by atoms with van der Waals surface area (Å²) in [5, 5.41) is 9.17. The molecule has 1 unspecified atom stereocenters. The van der Waals surface area contributed by atoms with Crippen molar-refractivity contribution in [3.63, 3.8) is 0 Å². The number of rotatable bonds is 6. The second-order valence-electron chi connectivity index (χ2n) is 4.68. The van der Waals surface area contributed by atoms with Crippen molar-refractivity contribution in [2.45, 2.75) is 31.1 Å². The number of nitrogens with zero attached hydrogens (tertiary/aromatic N) is 1. The van der Waals surface area contributed by atoms with Gasteiger partial charge in [-0.2, -0.15) is 8.42 Å². The van der Waals surface area contributed by atoms with E-state index in [0.29, 0.717) is 12.8 Å². The van der Waals surface area contributed by atoms with E-state index in [0.717, 1.165) is 0 Å². The van der Waals surface area contributed by atoms with Gasteiger partial charge in [-0.15, -0.1) is 0 Å². The lowest BCUT2D eigenvalue weighted by atomic mass is 10.1. The lowest BCUT2D eigenvalue weighted by Gasteiger charge is -2.40. The fourth-order valence-corrected chi connectivity index (χ4v) is 3.05. The molecule has 0 aliphatic rings. The molecule has 96 valence electrons. The van der Waals surface area contributed by atoms with Crippen LogP contribution in [0.5, 0.6) is 0 Å². The highest BCUT2D eigenvalue weighted by molar-refractivity contribution is 7.87. The first-order chi connectivity index (χ1) is 7.00. The largest absolute Gasteiger partial charge is 0.476 e. The molecule has 0 saturated heterocycles. The summed E-state index contributed by atoms with van der Waals surface area (Å²) in [6, 6.07) is 0. The average molecular weight is 254 g/mol. The second kappa shape index (κ2) is 4.68. The molecule has 0 radical (unpaired) electrons. The first-order valence-corrected chi connectivity index (χ1v) is 6.46. The Morgan fingerprint density at radius 2 is 1.75 bits per heavy atom. The van der Waals surface area contributed by atoms with Crippen molar-refractivity contribution in [1.29, 1.82) is 0 Å². The SMILES string of the molecule is CCCCC(C(=O)O)([N+](C)(C)C)S(=O)(=O)O. The van der Waals surface area contributed by atoms with E-state index in [1.54, 1.807) is 0 Å². The maximum atomic E-state index is 11.4. The van der Waals surface area contributed by atoms with Crippen molar-refractivity contribution in [3.8, 4) is 0 Å². The second-order valence-corrected chi connectivity index (χ2v) is 6.31. The first kappa shape index (κ1) is 15.3. The molecule has 0 amide bonds. The molecule has 6 nitrogen and oxygen atoms in total. The molecule has 16 heavy (non-hydrogen) atoms. The highest BCUT2D eigenvalue weighted by Gasteiger charge is 2.61. The Kier molecular flexibility index (Phi) is 4.49. The Balaban J connectivity index is 5.72. The number of likely N-dealkylation sites (N-methyl/N-ethyl adjacent to an activating group) is 1. The number of hydrogen-bond donors (Lipinski definition) is 2. The van der Waals surface area contributed by atoms with Crippen molar-refractivity contribution < 1.29 is 27.4 Å². The van der Waals surface area contributed by atoms with E-state index in [1.807, 2.05) is 6.92 Å². The average Bonchev–Trinajstić information content (AvgIpc) is 1.99. The standard InChI is InChI=1S/C9H19NO5S/c1-5-6-7-9(8(11)12,10(2,3)4)16(13,14)15/h5-7H2,1-4H3,(H-,11,12,13,14,15)/p+1. The van der Waals surface area contributed by atoms with Crippen molar-refractivity contribution >= 4 is 16.1 Å². The molecule has 0 heterocycles. The van der Waals surface area contributed by atoms with Gasteiger partial charge in [0, 0.05) is 6.42 Å². The third-order valence-electron chi connectivity index (χ3n) is 2.71. The zero-order valence-electron chi connectivity index (χ0n) is 10.1. The van der Waals surface area contributed by atoms with E-state index >= 15 is 0 Å². The lowest BCUT2D eigenvalue weighted by Crippen LogP contribution is -2.66. The summed E-state index contributed by atoms with van der Waals surface area (Å²) >= 11 is 0. The van der Waals surface area contributed by atoms with Gasteiger partial charge in [-0.05, 0) is 6.42 Å². The Morgan fingerprint density at radius 1 is 1.31 bits per heavy atom. The van der Waals surface area contributed by atoms with Crippen molar-refractivity contribution in [2.75, 3.05) is 21.1 Å². The molecule has 0 spiro atoms. The van der Waals surface area contributed by atoms with E-state index in [2.05, 4.69) is 0 Å².